The topological polar surface area (TPSA) is 59.1 Å². The van der Waals surface area contributed by atoms with E-state index in [1.807, 2.05) is 68.6 Å². The van der Waals surface area contributed by atoms with Crippen LogP contribution in [0.25, 0.3) is 21.9 Å². The molecule has 28 heavy (non-hydrogen) atoms. The summed E-state index contributed by atoms with van der Waals surface area (Å²) in [7, 11) is -3.70. The Morgan fingerprint density at radius 2 is 1.61 bits per heavy atom. The Morgan fingerprint density at radius 3 is 2.39 bits per heavy atom. The van der Waals surface area contributed by atoms with Crippen molar-refractivity contribution in [1.29, 1.82) is 0 Å². The van der Waals surface area contributed by atoms with Crippen molar-refractivity contribution < 1.29 is 8.42 Å². The van der Waals surface area contributed by atoms with E-state index in [1.54, 1.807) is 24.4 Å². The standard InChI is InChI=1S/C23H20N2O2S/c1-16-12-13-24-15-22(16)20-11-10-19(14-17(20)2)25-28(26,27)23-9-5-7-18-6-3-4-8-21(18)23/h3-15,25H,1-2H3. The second-order valence-corrected chi connectivity index (χ2v) is 8.45. The van der Waals surface area contributed by atoms with E-state index in [4.69, 9.17) is 0 Å². The average molecular weight is 388 g/mol. The maximum absolute atomic E-state index is 13.0. The monoisotopic (exact) mass is 388 g/mol. The van der Waals surface area contributed by atoms with Gasteiger partial charge in [0.1, 0.15) is 0 Å². The van der Waals surface area contributed by atoms with E-state index in [0.717, 1.165) is 27.6 Å². The highest BCUT2D eigenvalue weighted by Gasteiger charge is 2.18. The SMILES string of the molecule is Cc1cc(NS(=O)(=O)c2cccc3ccccc23)ccc1-c1cnccc1C. The summed E-state index contributed by atoms with van der Waals surface area (Å²) in [6, 6.07) is 20.3. The summed E-state index contributed by atoms with van der Waals surface area (Å²) in [6.45, 7) is 4.01. The third kappa shape index (κ3) is 3.37. The van der Waals surface area contributed by atoms with Crippen LogP contribution in [0.1, 0.15) is 11.1 Å². The molecule has 1 heterocycles. The van der Waals surface area contributed by atoms with E-state index in [-0.39, 0.29) is 4.90 Å². The van der Waals surface area contributed by atoms with Gasteiger partial charge in [0.05, 0.1) is 4.90 Å². The number of benzene rings is 3. The fraction of sp³-hybridized carbons (Fsp3) is 0.0870. The van der Waals surface area contributed by atoms with Gasteiger partial charge in [0, 0.05) is 29.0 Å². The van der Waals surface area contributed by atoms with E-state index in [2.05, 4.69) is 9.71 Å². The fourth-order valence-electron chi connectivity index (χ4n) is 3.42. The quantitative estimate of drug-likeness (QED) is 0.515. The Morgan fingerprint density at radius 1 is 0.821 bits per heavy atom. The maximum atomic E-state index is 13.0. The van der Waals surface area contributed by atoms with Gasteiger partial charge in [0.15, 0.2) is 0 Å². The van der Waals surface area contributed by atoms with Crippen LogP contribution in [0.3, 0.4) is 0 Å². The molecule has 0 aliphatic carbocycles. The molecule has 0 spiro atoms. The number of fused-ring (bicyclic) bond motifs is 1. The summed E-state index contributed by atoms with van der Waals surface area (Å²) in [5, 5.41) is 1.60. The number of hydrogen-bond donors (Lipinski definition) is 1. The molecule has 4 rings (SSSR count). The summed E-state index contributed by atoms with van der Waals surface area (Å²) in [4.78, 5) is 4.48. The molecule has 1 aromatic heterocycles. The van der Waals surface area contributed by atoms with Crippen molar-refractivity contribution in [3.05, 3.63) is 90.3 Å². The summed E-state index contributed by atoms with van der Waals surface area (Å²) < 4.78 is 28.7. The number of hydrogen-bond acceptors (Lipinski definition) is 3. The second kappa shape index (κ2) is 7.09. The number of pyridine rings is 1. The van der Waals surface area contributed by atoms with Crippen LogP contribution in [0.5, 0.6) is 0 Å². The summed E-state index contributed by atoms with van der Waals surface area (Å²) in [5.41, 5.74) is 4.73. The van der Waals surface area contributed by atoms with Crippen molar-refractivity contribution >= 4 is 26.5 Å². The highest BCUT2D eigenvalue weighted by Crippen LogP contribution is 2.30. The van der Waals surface area contributed by atoms with Crippen LogP contribution in [0, 0.1) is 13.8 Å². The molecule has 0 radical (unpaired) electrons. The number of anilines is 1. The summed E-state index contributed by atoms with van der Waals surface area (Å²) in [6.07, 6.45) is 3.60. The molecule has 1 N–H and O–H groups in total. The van der Waals surface area contributed by atoms with Gasteiger partial charge in [-0.25, -0.2) is 8.42 Å². The van der Waals surface area contributed by atoms with E-state index >= 15 is 0 Å². The van der Waals surface area contributed by atoms with Crippen LogP contribution >= 0.6 is 0 Å². The Balaban J connectivity index is 1.71. The molecule has 0 unspecified atom stereocenters. The molecule has 0 aliphatic heterocycles. The largest absolute Gasteiger partial charge is 0.280 e. The first-order chi connectivity index (χ1) is 13.5. The first-order valence-corrected chi connectivity index (χ1v) is 10.5. The molecule has 0 saturated heterocycles. The van der Waals surface area contributed by atoms with Gasteiger partial charge < -0.3 is 0 Å². The second-order valence-electron chi connectivity index (χ2n) is 6.80. The van der Waals surface area contributed by atoms with Gasteiger partial charge in [-0.1, -0.05) is 42.5 Å². The lowest BCUT2D eigenvalue weighted by atomic mass is 9.98. The molecule has 0 amide bonds. The molecule has 0 saturated carbocycles. The molecule has 3 aromatic carbocycles. The average Bonchev–Trinajstić information content (AvgIpc) is 2.68. The third-order valence-electron chi connectivity index (χ3n) is 4.85. The number of nitrogens with zero attached hydrogens (tertiary/aromatic N) is 1. The highest BCUT2D eigenvalue weighted by atomic mass is 32.2. The van der Waals surface area contributed by atoms with Gasteiger partial charge in [-0.15, -0.1) is 0 Å². The van der Waals surface area contributed by atoms with E-state index < -0.39 is 10.0 Å². The van der Waals surface area contributed by atoms with Crippen molar-refractivity contribution in [2.75, 3.05) is 4.72 Å². The highest BCUT2D eigenvalue weighted by molar-refractivity contribution is 7.93. The van der Waals surface area contributed by atoms with Crippen molar-refractivity contribution in [2.24, 2.45) is 0 Å². The van der Waals surface area contributed by atoms with Gasteiger partial charge in [-0.3, -0.25) is 9.71 Å². The zero-order chi connectivity index (χ0) is 19.7. The molecule has 4 nitrogen and oxygen atoms in total. The normalized spacial score (nSPS) is 11.5. The molecule has 0 atom stereocenters. The predicted molar refractivity (Wildman–Crippen MR) is 114 cm³/mol. The van der Waals surface area contributed by atoms with E-state index in [1.165, 1.54) is 0 Å². The molecular formula is C23H20N2O2S. The number of aryl methyl sites for hydroxylation is 2. The van der Waals surface area contributed by atoms with E-state index in [9.17, 15) is 8.42 Å². The van der Waals surface area contributed by atoms with Gasteiger partial charge in [0.25, 0.3) is 10.0 Å². The van der Waals surface area contributed by atoms with E-state index in [0.29, 0.717) is 11.1 Å². The molecule has 0 aliphatic rings. The van der Waals surface area contributed by atoms with Crippen LogP contribution in [-0.2, 0) is 10.0 Å². The van der Waals surface area contributed by atoms with Crippen LogP contribution in [-0.4, -0.2) is 13.4 Å². The minimum Gasteiger partial charge on any atom is -0.280 e. The first-order valence-electron chi connectivity index (χ1n) is 8.98. The molecular weight excluding hydrogens is 368 g/mol. The minimum absolute atomic E-state index is 0.274. The molecule has 0 fully saturated rings. The maximum Gasteiger partial charge on any atom is 0.262 e. The Labute approximate surface area is 164 Å². The van der Waals surface area contributed by atoms with Crippen molar-refractivity contribution in [3.8, 4) is 11.1 Å². The predicted octanol–water partition coefficient (Wildman–Crippen LogP) is 5.32. The Bertz CT molecular complexity index is 1280. The third-order valence-corrected chi connectivity index (χ3v) is 6.29. The van der Waals surface area contributed by atoms with Crippen LogP contribution < -0.4 is 4.72 Å². The molecule has 140 valence electrons. The van der Waals surface area contributed by atoms with Gasteiger partial charge >= 0.3 is 0 Å². The Hall–Kier alpha value is -3.18. The van der Waals surface area contributed by atoms with Crippen molar-refractivity contribution in [1.82, 2.24) is 4.98 Å². The number of aromatic nitrogens is 1. The van der Waals surface area contributed by atoms with Crippen molar-refractivity contribution in [2.45, 2.75) is 18.7 Å². The summed E-state index contributed by atoms with van der Waals surface area (Å²) in [5.74, 6) is 0. The zero-order valence-electron chi connectivity index (χ0n) is 15.7. The van der Waals surface area contributed by atoms with Crippen LogP contribution in [0.2, 0.25) is 0 Å². The smallest absolute Gasteiger partial charge is 0.262 e. The number of rotatable bonds is 4. The Kier molecular flexibility index (Phi) is 4.61. The number of nitrogens with one attached hydrogen (secondary N) is 1. The van der Waals surface area contributed by atoms with Crippen LogP contribution in [0.15, 0.2) is 84.0 Å². The van der Waals surface area contributed by atoms with Gasteiger partial charge in [0.2, 0.25) is 0 Å². The summed E-state index contributed by atoms with van der Waals surface area (Å²) >= 11 is 0. The van der Waals surface area contributed by atoms with Gasteiger partial charge in [-0.05, 0) is 60.2 Å². The molecule has 5 heteroatoms. The molecule has 0 bridgehead atoms. The zero-order valence-corrected chi connectivity index (χ0v) is 16.5. The fourth-order valence-corrected chi connectivity index (χ4v) is 4.70. The molecule has 4 aromatic rings. The lowest BCUT2D eigenvalue weighted by Crippen LogP contribution is -2.13. The van der Waals surface area contributed by atoms with Crippen LogP contribution in [0.4, 0.5) is 5.69 Å². The van der Waals surface area contributed by atoms with Gasteiger partial charge in [-0.2, -0.15) is 0 Å². The first kappa shape index (κ1) is 18.2. The lowest BCUT2D eigenvalue weighted by molar-refractivity contribution is 0.602. The van der Waals surface area contributed by atoms with Crippen molar-refractivity contribution in [3.63, 3.8) is 0 Å². The number of sulfonamides is 1. The lowest BCUT2D eigenvalue weighted by Gasteiger charge is -2.13. The minimum atomic E-state index is -3.70.